The van der Waals surface area contributed by atoms with Gasteiger partial charge in [-0.25, -0.2) is 4.98 Å². The molecule has 0 aliphatic heterocycles. The van der Waals surface area contributed by atoms with Gasteiger partial charge in [-0.2, -0.15) is 0 Å². The van der Waals surface area contributed by atoms with Gasteiger partial charge in [-0.3, -0.25) is 9.59 Å². The first-order valence-corrected chi connectivity index (χ1v) is 9.79. The van der Waals surface area contributed by atoms with Gasteiger partial charge in [0.05, 0.1) is 10.6 Å². The number of nitrogens with one attached hydrogen (secondary N) is 1. The largest absolute Gasteiger partial charge is 0.302 e. The van der Waals surface area contributed by atoms with E-state index in [0.717, 1.165) is 17.4 Å². The van der Waals surface area contributed by atoms with Crippen LogP contribution in [0.3, 0.4) is 0 Å². The number of ketones is 1. The molecule has 3 atom stereocenters. The standard InChI is InChI=1S/C20H22N2O2S/c1-12(23)19-18(14-5-3-2-4-6-14)22-20(25-19)21-17(24)11-16-10-13-7-8-15(16)9-13/h2-6,13,15-16H,7-11H2,1H3,(H,21,22,24). The van der Waals surface area contributed by atoms with E-state index < -0.39 is 0 Å². The van der Waals surface area contributed by atoms with Crippen LogP contribution in [0.15, 0.2) is 30.3 Å². The summed E-state index contributed by atoms with van der Waals surface area (Å²) in [4.78, 5) is 29.5. The third-order valence-corrected chi connectivity index (χ3v) is 6.64. The van der Waals surface area contributed by atoms with Crippen LogP contribution >= 0.6 is 11.3 Å². The Hall–Kier alpha value is -2.01. The molecule has 1 amide bonds. The molecule has 4 nitrogen and oxygen atoms in total. The Labute approximate surface area is 151 Å². The van der Waals surface area contributed by atoms with Gasteiger partial charge in [-0.05, 0) is 37.0 Å². The zero-order chi connectivity index (χ0) is 17.4. The van der Waals surface area contributed by atoms with Crippen LogP contribution in [0.5, 0.6) is 0 Å². The van der Waals surface area contributed by atoms with Crippen molar-refractivity contribution < 1.29 is 9.59 Å². The van der Waals surface area contributed by atoms with Gasteiger partial charge in [0.2, 0.25) is 5.91 Å². The lowest BCUT2D eigenvalue weighted by Crippen LogP contribution is -2.20. The Bertz CT molecular complexity index is 799. The Kier molecular flexibility index (Phi) is 4.42. The molecule has 2 aliphatic rings. The fourth-order valence-corrected chi connectivity index (χ4v) is 5.34. The number of amides is 1. The monoisotopic (exact) mass is 354 g/mol. The van der Waals surface area contributed by atoms with Gasteiger partial charge < -0.3 is 5.32 Å². The molecule has 4 rings (SSSR count). The van der Waals surface area contributed by atoms with Crippen molar-refractivity contribution in [3.63, 3.8) is 0 Å². The van der Waals surface area contributed by atoms with Crippen LogP contribution in [0.2, 0.25) is 0 Å². The highest BCUT2D eigenvalue weighted by Gasteiger charge is 2.40. The van der Waals surface area contributed by atoms with Gasteiger partial charge in [-0.1, -0.05) is 48.1 Å². The Morgan fingerprint density at radius 1 is 1.20 bits per heavy atom. The lowest BCUT2D eigenvalue weighted by atomic mass is 9.86. The van der Waals surface area contributed by atoms with E-state index in [2.05, 4.69) is 10.3 Å². The molecule has 0 saturated heterocycles. The first kappa shape index (κ1) is 16.5. The summed E-state index contributed by atoms with van der Waals surface area (Å²) >= 11 is 1.27. The second-order valence-electron chi connectivity index (χ2n) is 7.31. The summed E-state index contributed by atoms with van der Waals surface area (Å²) in [6.07, 6.45) is 5.72. The molecule has 2 aromatic rings. The van der Waals surface area contributed by atoms with Crippen molar-refractivity contribution in [2.45, 2.75) is 39.0 Å². The van der Waals surface area contributed by atoms with Gasteiger partial charge in [0.15, 0.2) is 10.9 Å². The zero-order valence-corrected chi connectivity index (χ0v) is 15.1. The smallest absolute Gasteiger partial charge is 0.226 e. The number of hydrogen-bond donors (Lipinski definition) is 1. The molecule has 1 aromatic carbocycles. The molecule has 5 heteroatoms. The van der Waals surface area contributed by atoms with Crippen molar-refractivity contribution in [2.75, 3.05) is 5.32 Å². The summed E-state index contributed by atoms with van der Waals surface area (Å²) in [5, 5.41) is 3.46. The maximum atomic E-state index is 12.4. The molecule has 1 N–H and O–H groups in total. The summed E-state index contributed by atoms with van der Waals surface area (Å²) in [5.74, 6) is 2.11. The van der Waals surface area contributed by atoms with Crippen LogP contribution in [0, 0.1) is 17.8 Å². The third kappa shape index (κ3) is 3.38. The number of benzene rings is 1. The van der Waals surface area contributed by atoms with Crippen molar-refractivity contribution in [1.82, 2.24) is 4.98 Å². The first-order chi connectivity index (χ1) is 12.1. The molecule has 2 saturated carbocycles. The van der Waals surface area contributed by atoms with Crippen molar-refractivity contribution in [1.29, 1.82) is 0 Å². The van der Waals surface area contributed by atoms with E-state index in [-0.39, 0.29) is 11.7 Å². The number of hydrogen-bond acceptors (Lipinski definition) is 4. The molecule has 3 unspecified atom stereocenters. The van der Waals surface area contributed by atoms with Gasteiger partial charge in [0, 0.05) is 18.9 Å². The van der Waals surface area contributed by atoms with Crippen LogP contribution in [-0.2, 0) is 4.79 Å². The Morgan fingerprint density at radius 2 is 2.00 bits per heavy atom. The van der Waals surface area contributed by atoms with E-state index >= 15 is 0 Å². The number of nitrogens with zero attached hydrogens (tertiary/aromatic N) is 1. The molecule has 1 heterocycles. The van der Waals surface area contributed by atoms with E-state index in [1.807, 2.05) is 30.3 Å². The van der Waals surface area contributed by atoms with E-state index in [1.54, 1.807) is 6.92 Å². The van der Waals surface area contributed by atoms with Crippen molar-refractivity contribution in [3.05, 3.63) is 35.2 Å². The molecule has 2 aliphatic carbocycles. The number of fused-ring (bicyclic) bond motifs is 2. The van der Waals surface area contributed by atoms with E-state index in [4.69, 9.17) is 0 Å². The number of rotatable bonds is 5. The third-order valence-electron chi connectivity index (χ3n) is 5.57. The number of anilines is 1. The summed E-state index contributed by atoms with van der Waals surface area (Å²) in [6.45, 7) is 1.54. The molecular weight excluding hydrogens is 332 g/mol. The van der Waals surface area contributed by atoms with Crippen LogP contribution in [0.4, 0.5) is 5.13 Å². The van der Waals surface area contributed by atoms with Crippen LogP contribution < -0.4 is 5.32 Å². The highest BCUT2D eigenvalue weighted by atomic mass is 32.1. The maximum absolute atomic E-state index is 12.4. The fraction of sp³-hybridized carbons (Fsp3) is 0.450. The molecule has 0 spiro atoms. The molecule has 130 valence electrons. The Balaban J connectivity index is 1.49. The molecule has 1 aromatic heterocycles. The highest BCUT2D eigenvalue weighted by Crippen LogP contribution is 2.49. The minimum Gasteiger partial charge on any atom is -0.302 e. The highest BCUT2D eigenvalue weighted by molar-refractivity contribution is 7.18. The van der Waals surface area contributed by atoms with Gasteiger partial charge in [0.1, 0.15) is 0 Å². The quantitative estimate of drug-likeness (QED) is 0.786. The number of Topliss-reactive ketones (excluding diaryl/α,β-unsaturated/α-hetero) is 1. The predicted octanol–water partition coefficient (Wildman–Crippen LogP) is 4.78. The minimum atomic E-state index is -0.0232. The Morgan fingerprint density at radius 3 is 2.64 bits per heavy atom. The van der Waals surface area contributed by atoms with E-state index in [1.165, 1.54) is 37.0 Å². The number of aromatic nitrogens is 1. The van der Waals surface area contributed by atoms with Gasteiger partial charge in [-0.15, -0.1) is 0 Å². The molecule has 0 radical (unpaired) electrons. The number of carbonyl (C=O) groups is 2. The second-order valence-corrected chi connectivity index (χ2v) is 8.31. The average molecular weight is 354 g/mol. The minimum absolute atomic E-state index is 0.0232. The van der Waals surface area contributed by atoms with E-state index in [9.17, 15) is 9.59 Å². The lowest BCUT2D eigenvalue weighted by Gasteiger charge is -2.20. The summed E-state index contributed by atoms with van der Waals surface area (Å²) < 4.78 is 0. The normalized spacial score (nSPS) is 24.4. The van der Waals surface area contributed by atoms with Crippen molar-refractivity contribution >= 4 is 28.2 Å². The predicted molar refractivity (Wildman–Crippen MR) is 99.7 cm³/mol. The van der Waals surface area contributed by atoms with Gasteiger partial charge >= 0.3 is 0 Å². The van der Waals surface area contributed by atoms with Gasteiger partial charge in [0.25, 0.3) is 0 Å². The molecule has 25 heavy (non-hydrogen) atoms. The zero-order valence-electron chi connectivity index (χ0n) is 14.3. The van der Waals surface area contributed by atoms with Crippen LogP contribution in [0.1, 0.15) is 48.7 Å². The maximum Gasteiger partial charge on any atom is 0.226 e. The fourth-order valence-electron chi connectivity index (χ4n) is 4.44. The van der Waals surface area contributed by atoms with Crippen molar-refractivity contribution in [2.24, 2.45) is 17.8 Å². The summed E-state index contributed by atoms with van der Waals surface area (Å²) in [6, 6.07) is 9.64. The molecular formula is C20H22N2O2S. The van der Waals surface area contributed by atoms with E-state index in [0.29, 0.717) is 28.0 Å². The molecule has 2 bridgehead atoms. The topological polar surface area (TPSA) is 59.1 Å². The average Bonchev–Trinajstić information content (AvgIpc) is 3.30. The SMILES string of the molecule is CC(=O)c1sc(NC(=O)CC2CC3CCC2C3)nc1-c1ccccc1. The second kappa shape index (κ2) is 6.71. The number of carbonyl (C=O) groups excluding carboxylic acids is 2. The lowest BCUT2D eigenvalue weighted by molar-refractivity contribution is -0.117. The summed E-state index contributed by atoms with van der Waals surface area (Å²) in [7, 11) is 0. The van der Waals surface area contributed by atoms with Crippen LogP contribution in [-0.4, -0.2) is 16.7 Å². The molecule has 2 fully saturated rings. The van der Waals surface area contributed by atoms with Crippen molar-refractivity contribution in [3.8, 4) is 11.3 Å². The van der Waals surface area contributed by atoms with Crippen LogP contribution in [0.25, 0.3) is 11.3 Å². The first-order valence-electron chi connectivity index (χ1n) is 8.97. The summed E-state index contributed by atoms with van der Waals surface area (Å²) in [5.41, 5.74) is 1.56. The number of thiazole rings is 1.